The van der Waals surface area contributed by atoms with Crippen molar-refractivity contribution < 1.29 is 19.1 Å². The van der Waals surface area contributed by atoms with E-state index < -0.39 is 0 Å². The third kappa shape index (κ3) is 6.87. The maximum atomic E-state index is 12.9. The number of nitrogens with one attached hydrogen (secondary N) is 1. The van der Waals surface area contributed by atoms with Crippen LogP contribution in [0.25, 0.3) is 0 Å². The Morgan fingerprint density at radius 2 is 1.72 bits per heavy atom. The van der Waals surface area contributed by atoms with E-state index in [2.05, 4.69) is 22.1 Å². The molecule has 2 fully saturated rings. The number of hydrogen-bond acceptors (Lipinski definition) is 7. The number of pyridine rings is 1. The van der Waals surface area contributed by atoms with Gasteiger partial charge in [0.05, 0.1) is 12.8 Å². The fraction of sp³-hybridized carbons (Fsp3) is 0.519. The average Bonchev–Trinajstić information content (AvgIpc) is 2.93. The van der Waals surface area contributed by atoms with Crippen molar-refractivity contribution in [1.29, 1.82) is 0 Å². The highest BCUT2D eigenvalue weighted by Gasteiger charge is 2.26. The maximum Gasteiger partial charge on any atom is 0.409 e. The predicted octanol–water partition coefficient (Wildman–Crippen LogP) is 3.02. The predicted molar refractivity (Wildman–Crippen MR) is 139 cm³/mol. The molecule has 2 amide bonds. The number of anilines is 1. The molecule has 1 unspecified atom stereocenters. The third-order valence-electron chi connectivity index (χ3n) is 6.73. The van der Waals surface area contributed by atoms with Gasteiger partial charge in [-0.15, -0.1) is 0 Å². The van der Waals surface area contributed by atoms with Crippen LogP contribution in [0.3, 0.4) is 0 Å². The fourth-order valence-electron chi connectivity index (χ4n) is 4.67. The third-order valence-corrected chi connectivity index (χ3v) is 6.73. The van der Waals surface area contributed by atoms with Gasteiger partial charge in [0.2, 0.25) is 0 Å². The fourth-order valence-corrected chi connectivity index (χ4v) is 4.67. The number of ether oxygens (including phenoxy) is 2. The Kier molecular flexibility index (Phi) is 9.00. The van der Waals surface area contributed by atoms with Crippen LogP contribution in [0.5, 0.6) is 5.75 Å². The van der Waals surface area contributed by atoms with E-state index in [1.807, 2.05) is 36.4 Å². The lowest BCUT2D eigenvalue weighted by molar-refractivity contribution is 0.0570. The molecule has 36 heavy (non-hydrogen) atoms. The monoisotopic (exact) mass is 495 g/mol. The minimum absolute atomic E-state index is 0.00981. The van der Waals surface area contributed by atoms with Gasteiger partial charge in [0.15, 0.2) is 0 Å². The highest BCUT2D eigenvalue weighted by atomic mass is 16.6. The van der Waals surface area contributed by atoms with E-state index in [-0.39, 0.29) is 18.1 Å². The van der Waals surface area contributed by atoms with Crippen molar-refractivity contribution in [3.05, 3.63) is 54.4 Å². The molecule has 0 bridgehead atoms. The van der Waals surface area contributed by atoms with E-state index in [1.165, 1.54) is 0 Å². The number of carbonyl (C=O) groups excluding carboxylic acids is 2. The zero-order chi connectivity index (χ0) is 25.3. The number of nitrogens with zero attached hydrogens (tertiary/aromatic N) is 4. The molecule has 0 radical (unpaired) electrons. The quantitative estimate of drug-likeness (QED) is 0.602. The van der Waals surface area contributed by atoms with Crippen molar-refractivity contribution in [3.63, 3.8) is 0 Å². The summed E-state index contributed by atoms with van der Waals surface area (Å²) >= 11 is 0. The molecule has 2 aliphatic heterocycles. The van der Waals surface area contributed by atoms with Gasteiger partial charge in [-0.25, -0.2) is 4.79 Å². The zero-order valence-corrected chi connectivity index (χ0v) is 21.3. The van der Waals surface area contributed by atoms with E-state index >= 15 is 0 Å². The summed E-state index contributed by atoms with van der Waals surface area (Å²) in [7, 11) is 0. The second kappa shape index (κ2) is 12.6. The van der Waals surface area contributed by atoms with Crippen LogP contribution in [0.2, 0.25) is 0 Å². The normalized spacial score (nSPS) is 17.6. The smallest absolute Gasteiger partial charge is 0.409 e. The summed E-state index contributed by atoms with van der Waals surface area (Å²) in [5.74, 6) is 0.804. The van der Waals surface area contributed by atoms with Gasteiger partial charge in [-0.05, 0) is 63.1 Å². The van der Waals surface area contributed by atoms with Crippen molar-refractivity contribution >= 4 is 17.7 Å². The van der Waals surface area contributed by atoms with Gasteiger partial charge in [0.1, 0.15) is 11.9 Å². The van der Waals surface area contributed by atoms with Gasteiger partial charge in [-0.2, -0.15) is 0 Å². The number of hydrogen-bond donors (Lipinski definition) is 1. The van der Waals surface area contributed by atoms with E-state index in [0.717, 1.165) is 43.9 Å². The van der Waals surface area contributed by atoms with Gasteiger partial charge in [0.25, 0.3) is 5.91 Å². The number of aromatic nitrogens is 1. The number of benzene rings is 1. The van der Waals surface area contributed by atoms with E-state index in [4.69, 9.17) is 9.47 Å². The Morgan fingerprint density at radius 3 is 2.36 bits per heavy atom. The van der Waals surface area contributed by atoms with Crippen LogP contribution >= 0.6 is 0 Å². The Labute approximate surface area is 213 Å². The first-order valence-corrected chi connectivity index (χ1v) is 12.9. The van der Waals surface area contributed by atoms with Crippen LogP contribution in [0.4, 0.5) is 10.5 Å². The summed E-state index contributed by atoms with van der Waals surface area (Å²) in [5.41, 5.74) is 1.83. The lowest BCUT2D eigenvalue weighted by Gasteiger charge is -2.35. The van der Waals surface area contributed by atoms with Crippen molar-refractivity contribution in [2.75, 3.05) is 57.3 Å². The summed E-state index contributed by atoms with van der Waals surface area (Å²) < 4.78 is 11.0. The zero-order valence-electron chi connectivity index (χ0n) is 21.3. The minimum atomic E-state index is -0.305. The van der Waals surface area contributed by atoms with Gasteiger partial charge >= 0.3 is 6.09 Å². The Morgan fingerprint density at radius 1 is 1.03 bits per heavy atom. The van der Waals surface area contributed by atoms with Crippen LogP contribution in [0.15, 0.2) is 48.8 Å². The molecule has 1 aromatic carbocycles. The van der Waals surface area contributed by atoms with Gasteiger partial charge in [-0.1, -0.05) is 0 Å². The largest absolute Gasteiger partial charge is 0.488 e. The Hall–Kier alpha value is -3.33. The first-order valence-electron chi connectivity index (χ1n) is 12.9. The van der Waals surface area contributed by atoms with Gasteiger partial charge in [-0.3, -0.25) is 9.78 Å². The standard InChI is InChI=1S/C27H37N5O4/c1-3-35-27(34)32-17-15-31(16-18-32)26(33)22-6-8-24(9-7-22)30-13-10-23(11-14-30)29-19-21(2)36-25-5-4-12-28-20-25/h4-9,12,20-21,23,29H,3,10-11,13-19H2,1-2H3. The van der Waals surface area contributed by atoms with Crippen molar-refractivity contribution in [2.45, 2.75) is 38.8 Å². The molecule has 1 atom stereocenters. The molecule has 2 aliphatic rings. The number of amides is 2. The average molecular weight is 496 g/mol. The molecule has 0 saturated carbocycles. The highest BCUT2D eigenvalue weighted by molar-refractivity contribution is 5.94. The molecule has 9 heteroatoms. The lowest BCUT2D eigenvalue weighted by Crippen LogP contribution is -2.50. The van der Waals surface area contributed by atoms with Gasteiger partial charge < -0.3 is 29.5 Å². The Balaban J connectivity index is 1.19. The van der Waals surface area contributed by atoms with Crippen LogP contribution in [-0.4, -0.2) is 91.4 Å². The highest BCUT2D eigenvalue weighted by Crippen LogP contribution is 2.22. The lowest BCUT2D eigenvalue weighted by atomic mass is 10.0. The summed E-state index contributed by atoms with van der Waals surface area (Å²) in [6, 6.07) is 12.2. The first kappa shape index (κ1) is 25.8. The van der Waals surface area contributed by atoms with Crippen LogP contribution in [-0.2, 0) is 4.74 Å². The molecule has 3 heterocycles. The SMILES string of the molecule is CCOC(=O)N1CCN(C(=O)c2ccc(N3CCC(NCC(C)Oc4cccnc4)CC3)cc2)CC1. The van der Waals surface area contributed by atoms with Crippen molar-refractivity contribution in [1.82, 2.24) is 20.1 Å². The molecule has 4 rings (SSSR count). The summed E-state index contributed by atoms with van der Waals surface area (Å²) in [5, 5.41) is 3.64. The molecule has 2 aromatic rings. The van der Waals surface area contributed by atoms with Crippen LogP contribution in [0, 0.1) is 0 Å². The van der Waals surface area contributed by atoms with E-state index in [9.17, 15) is 9.59 Å². The van der Waals surface area contributed by atoms with E-state index in [0.29, 0.717) is 44.4 Å². The van der Waals surface area contributed by atoms with Gasteiger partial charge in [0, 0.05) is 69.3 Å². The summed E-state index contributed by atoms with van der Waals surface area (Å²) in [6.07, 6.45) is 5.37. The number of carbonyl (C=O) groups is 2. The molecule has 194 valence electrons. The van der Waals surface area contributed by atoms with Crippen molar-refractivity contribution in [3.8, 4) is 5.75 Å². The van der Waals surface area contributed by atoms with Crippen LogP contribution in [0.1, 0.15) is 37.0 Å². The summed E-state index contributed by atoms with van der Waals surface area (Å²) in [6.45, 7) is 9.00. The first-order chi connectivity index (χ1) is 17.5. The van der Waals surface area contributed by atoms with Crippen molar-refractivity contribution in [2.24, 2.45) is 0 Å². The van der Waals surface area contributed by atoms with Crippen LogP contribution < -0.4 is 15.0 Å². The number of piperazine rings is 1. The molecule has 0 spiro atoms. The molecule has 1 N–H and O–H groups in total. The number of piperidine rings is 1. The molecule has 9 nitrogen and oxygen atoms in total. The van der Waals surface area contributed by atoms with E-state index in [1.54, 1.807) is 29.1 Å². The molecule has 0 aliphatic carbocycles. The second-order valence-electron chi connectivity index (χ2n) is 9.31. The summed E-state index contributed by atoms with van der Waals surface area (Å²) in [4.78, 5) is 34.7. The minimum Gasteiger partial charge on any atom is -0.488 e. The Bertz CT molecular complexity index is 971. The molecule has 1 aromatic heterocycles. The second-order valence-corrected chi connectivity index (χ2v) is 9.31. The molecule has 2 saturated heterocycles. The topological polar surface area (TPSA) is 87.2 Å². The maximum absolute atomic E-state index is 12.9. The molecular weight excluding hydrogens is 458 g/mol. The number of rotatable bonds is 8. The molecular formula is C27H37N5O4.